The topological polar surface area (TPSA) is 135 Å². The Labute approximate surface area is 179 Å². The summed E-state index contributed by atoms with van der Waals surface area (Å²) in [4.78, 5) is 23.1. The molecule has 31 heavy (non-hydrogen) atoms. The molecule has 11 heteroatoms. The minimum absolute atomic E-state index is 0.0124. The molecule has 164 valence electrons. The van der Waals surface area contributed by atoms with Crippen molar-refractivity contribution in [3.63, 3.8) is 0 Å². The maximum Gasteiger partial charge on any atom is 0.341 e. The van der Waals surface area contributed by atoms with Crippen LogP contribution in [0.25, 0.3) is 0 Å². The summed E-state index contributed by atoms with van der Waals surface area (Å²) in [6.45, 7) is 0.651. The fourth-order valence-corrected chi connectivity index (χ4v) is 4.27. The van der Waals surface area contributed by atoms with Crippen molar-refractivity contribution < 1.29 is 32.6 Å². The number of carbonyl (C=O) groups is 2. The van der Waals surface area contributed by atoms with Gasteiger partial charge in [-0.3, -0.25) is 4.79 Å². The average molecular weight is 447 g/mol. The monoisotopic (exact) mass is 447 g/mol. The van der Waals surface area contributed by atoms with Gasteiger partial charge in [0.15, 0.2) is 6.61 Å². The Morgan fingerprint density at radius 2 is 1.90 bits per heavy atom. The van der Waals surface area contributed by atoms with Crippen LogP contribution in [0.5, 0.6) is 5.75 Å². The lowest BCUT2D eigenvalue weighted by Gasteiger charge is -2.26. The van der Waals surface area contributed by atoms with Gasteiger partial charge in [0.2, 0.25) is 10.0 Å². The van der Waals surface area contributed by atoms with Gasteiger partial charge in [0.1, 0.15) is 5.75 Å². The van der Waals surface area contributed by atoms with Gasteiger partial charge in [-0.05, 0) is 30.3 Å². The van der Waals surface area contributed by atoms with Gasteiger partial charge >= 0.3 is 5.97 Å². The molecule has 0 atom stereocenters. The largest absolute Gasteiger partial charge is 0.481 e. The number of carbonyl (C=O) groups excluding carboxylic acids is 1. The summed E-state index contributed by atoms with van der Waals surface area (Å²) in [6.07, 6.45) is 1.31. The summed E-state index contributed by atoms with van der Waals surface area (Å²) < 4.78 is 37.2. The molecule has 0 bridgehead atoms. The quantitative estimate of drug-likeness (QED) is 0.454. The predicted octanol–water partition coefficient (Wildman–Crippen LogP) is 0.935. The maximum atomic E-state index is 12.8. The molecule has 1 aliphatic heterocycles. The molecule has 10 nitrogen and oxygen atoms in total. The number of aliphatic carboxylic acids is 1. The number of ether oxygens (including phenoxy) is 2. The highest BCUT2D eigenvalue weighted by Crippen LogP contribution is 2.19. The van der Waals surface area contributed by atoms with Crippen LogP contribution in [0.3, 0.4) is 0 Å². The van der Waals surface area contributed by atoms with Crippen LogP contribution in [0.4, 0.5) is 0 Å². The molecule has 1 aliphatic rings. The molecule has 0 saturated carbocycles. The van der Waals surface area contributed by atoms with Crippen LogP contribution in [0.1, 0.15) is 15.9 Å². The predicted molar refractivity (Wildman–Crippen MR) is 111 cm³/mol. The lowest BCUT2D eigenvalue weighted by atomic mass is 10.2. The number of carboxylic acids is 1. The van der Waals surface area contributed by atoms with Crippen LogP contribution in [0, 0.1) is 0 Å². The van der Waals surface area contributed by atoms with Gasteiger partial charge in [0, 0.05) is 24.2 Å². The van der Waals surface area contributed by atoms with Gasteiger partial charge in [-0.25, -0.2) is 18.6 Å². The Morgan fingerprint density at radius 1 is 1.16 bits per heavy atom. The van der Waals surface area contributed by atoms with Gasteiger partial charge in [0.05, 0.1) is 24.3 Å². The van der Waals surface area contributed by atoms with Gasteiger partial charge in [0.25, 0.3) is 5.91 Å². The van der Waals surface area contributed by atoms with Crippen molar-refractivity contribution in [1.82, 2.24) is 9.73 Å². The molecule has 0 radical (unpaired) electrons. The number of nitrogens with zero attached hydrogens (tertiary/aromatic N) is 2. The number of benzene rings is 2. The molecule has 0 aliphatic carbocycles. The van der Waals surface area contributed by atoms with E-state index >= 15 is 0 Å². The van der Waals surface area contributed by atoms with Crippen molar-refractivity contribution >= 4 is 28.1 Å². The molecular formula is C20H21N3O7S. The number of para-hydroxylation sites is 1. The summed E-state index contributed by atoms with van der Waals surface area (Å²) in [5.74, 6) is -1.42. The molecule has 0 spiro atoms. The zero-order chi connectivity index (χ0) is 22.3. The minimum atomic E-state index is -3.73. The average Bonchev–Trinajstić information content (AvgIpc) is 2.79. The van der Waals surface area contributed by atoms with Crippen LogP contribution in [-0.4, -0.2) is 68.8 Å². The van der Waals surface area contributed by atoms with E-state index in [1.54, 1.807) is 24.3 Å². The van der Waals surface area contributed by atoms with Crippen LogP contribution in [0.15, 0.2) is 58.5 Å². The standard InChI is InChI=1S/C20H21N3O7S/c24-19(25)14-30-18-7-2-1-4-16(18)13-21-22-20(26)15-5-3-6-17(12-15)31(27,28)23-8-10-29-11-9-23/h1-7,12-13H,8-11,14H2,(H,22,26)(H,24,25)/b21-13-. The number of sulfonamides is 1. The lowest BCUT2D eigenvalue weighted by Crippen LogP contribution is -2.40. The molecular weight excluding hydrogens is 426 g/mol. The molecule has 1 amide bonds. The number of rotatable bonds is 8. The number of hydrogen-bond donors (Lipinski definition) is 2. The number of hydrazone groups is 1. The van der Waals surface area contributed by atoms with E-state index in [4.69, 9.17) is 14.6 Å². The zero-order valence-electron chi connectivity index (χ0n) is 16.4. The van der Waals surface area contributed by atoms with Crippen LogP contribution in [0.2, 0.25) is 0 Å². The SMILES string of the molecule is O=C(O)COc1ccccc1/C=N\NC(=O)c1cccc(S(=O)(=O)N2CCOCC2)c1. The molecule has 1 fully saturated rings. The van der Waals surface area contributed by atoms with Crippen molar-refractivity contribution in [2.45, 2.75) is 4.90 Å². The summed E-state index contributed by atoms with van der Waals surface area (Å²) in [5, 5.41) is 12.6. The van der Waals surface area contributed by atoms with E-state index < -0.39 is 28.5 Å². The molecule has 1 heterocycles. The lowest BCUT2D eigenvalue weighted by molar-refractivity contribution is -0.139. The van der Waals surface area contributed by atoms with E-state index in [2.05, 4.69) is 10.5 Å². The van der Waals surface area contributed by atoms with E-state index in [1.165, 1.54) is 34.8 Å². The highest BCUT2D eigenvalue weighted by Gasteiger charge is 2.26. The van der Waals surface area contributed by atoms with Crippen molar-refractivity contribution in [2.24, 2.45) is 5.10 Å². The van der Waals surface area contributed by atoms with Crippen LogP contribution >= 0.6 is 0 Å². The first kappa shape index (κ1) is 22.4. The van der Waals surface area contributed by atoms with Crippen molar-refractivity contribution in [1.29, 1.82) is 0 Å². The van der Waals surface area contributed by atoms with Crippen LogP contribution < -0.4 is 10.2 Å². The van der Waals surface area contributed by atoms with Gasteiger partial charge < -0.3 is 14.6 Å². The number of morpholine rings is 1. The number of carboxylic acid groups (broad SMARTS) is 1. The highest BCUT2D eigenvalue weighted by molar-refractivity contribution is 7.89. The highest BCUT2D eigenvalue weighted by atomic mass is 32.2. The Balaban J connectivity index is 1.69. The normalized spacial score (nSPS) is 15.0. The van der Waals surface area contributed by atoms with E-state index in [9.17, 15) is 18.0 Å². The number of hydrogen-bond acceptors (Lipinski definition) is 7. The Bertz CT molecular complexity index is 1080. The summed E-state index contributed by atoms with van der Waals surface area (Å²) in [6, 6.07) is 12.3. The van der Waals surface area contributed by atoms with E-state index in [0.29, 0.717) is 24.5 Å². The number of nitrogens with one attached hydrogen (secondary N) is 1. The summed E-state index contributed by atoms with van der Waals surface area (Å²) >= 11 is 0. The third-order valence-electron chi connectivity index (χ3n) is 4.34. The minimum Gasteiger partial charge on any atom is -0.481 e. The van der Waals surface area contributed by atoms with Crippen LogP contribution in [-0.2, 0) is 19.6 Å². The molecule has 3 rings (SSSR count). The molecule has 2 aromatic carbocycles. The molecule has 2 N–H and O–H groups in total. The first-order valence-corrected chi connectivity index (χ1v) is 10.8. The first-order valence-electron chi connectivity index (χ1n) is 9.33. The second-order valence-corrected chi connectivity index (χ2v) is 8.40. The van der Waals surface area contributed by atoms with Crippen molar-refractivity contribution in [3.05, 3.63) is 59.7 Å². The van der Waals surface area contributed by atoms with E-state index in [0.717, 1.165) is 0 Å². The molecule has 2 aromatic rings. The van der Waals surface area contributed by atoms with Gasteiger partial charge in [-0.15, -0.1) is 0 Å². The fraction of sp³-hybridized carbons (Fsp3) is 0.250. The second-order valence-electron chi connectivity index (χ2n) is 6.46. The fourth-order valence-electron chi connectivity index (χ4n) is 2.82. The Hall–Kier alpha value is -3.28. The molecule has 1 saturated heterocycles. The van der Waals surface area contributed by atoms with Gasteiger partial charge in [-0.2, -0.15) is 9.41 Å². The van der Waals surface area contributed by atoms with E-state index in [1.807, 2.05) is 0 Å². The van der Waals surface area contributed by atoms with Crippen molar-refractivity contribution in [3.8, 4) is 5.75 Å². The van der Waals surface area contributed by atoms with Gasteiger partial charge in [-0.1, -0.05) is 18.2 Å². The summed E-state index contributed by atoms with van der Waals surface area (Å²) in [7, 11) is -3.73. The Morgan fingerprint density at radius 3 is 2.65 bits per heavy atom. The molecule has 0 aromatic heterocycles. The second kappa shape index (κ2) is 10.2. The van der Waals surface area contributed by atoms with Crippen molar-refractivity contribution in [2.75, 3.05) is 32.9 Å². The smallest absolute Gasteiger partial charge is 0.341 e. The summed E-state index contributed by atoms with van der Waals surface area (Å²) in [5.41, 5.74) is 2.92. The van der Waals surface area contributed by atoms with E-state index in [-0.39, 0.29) is 23.5 Å². The Kier molecular flexibility index (Phi) is 7.34. The molecule has 0 unspecified atom stereocenters. The zero-order valence-corrected chi connectivity index (χ0v) is 17.2. The first-order chi connectivity index (χ1) is 14.9. The maximum absolute atomic E-state index is 12.8. The number of amides is 1. The third kappa shape index (κ3) is 5.87. The third-order valence-corrected chi connectivity index (χ3v) is 6.24.